The van der Waals surface area contributed by atoms with Crippen LogP contribution in [0.1, 0.15) is 40.3 Å². The summed E-state index contributed by atoms with van der Waals surface area (Å²) >= 11 is 0. The molecule has 2 aromatic rings. The van der Waals surface area contributed by atoms with E-state index in [9.17, 15) is 19.5 Å². The fourth-order valence-electron chi connectivity index (χ4n) is 3.51. The number of amides is 1. The molecule has 0 spiro atoms. The third-order valence-electron chi connectivity index (χ3n) is 6.33. The first kappa shape index (κ1) is 25.0. The molecule has 13 heteroatoms. The Morgan fingerprint density at radius 1 is 1.42 bits per heavy atom. The Kier molecular flexibility index (Phi) is 6.54. The molecule has 33 heavy (non-hydrogen) atoms. The van der Waals surface area contributed by atoms with Crippen LogP contribution >= 0.6 is 0 Å². The van der Waals surface area contributed by atoms with Crippen molar-refractivity contribution in [1.82, 2.24) is 19.5 Å². The minimum Gasteiger partial charge on any atom is -0.467 e. The molecule has 0 saturated carbocycles. The second-order valence-corrected chi connectivity index (χ2v) is 14.4. The van der Waals surface area contributed by atoms with Crippen LogP contribution < -0.4 is 10.9 Å². The van der Waals surface area contributed by atoms with E-state index in [1.807, 2.05) is 13.1 Å². The first-order chi connectivity index (χ1) is 15.3. The summed E-state index contributed by atoms with van der Waals surface area (Å²) in [6, 6.07) is 0. The van der Waals surface area contributed by atoms with Crippen LogP contribution in [0.4, 0.5) is 5.95 Å². The number of esters is 1. The molecule has 3 rings (SSSR count). The number of rotatable bonds is 6. The molecule has 1 aliphatic rings. The standard InChI is InChI=1S/C20H31N5O7Si/c1-11(27)22-18-23-15-14(16(28)24-18)21-10-25(15)13-8-12(32-33(6,7)19(2,3)4)20(9-26,31-13)17(29)30-5/h10,12-13,26H,8-9H2,1-7H3,(H2,22,23,24,27,28)/t12-,13+,20+/m0/s1. The lowest BCUT2D eigenvalue weighted by Gasteiger charge is -2.41. The largest absolute Gasteiger partial charge is 0.467 e. The van der Waals surface area contributed by atoms with Crippen LogP contribution in [0.15, 0.2) is 11.1 Å². The molecule has 1 saturated heterocycles. The van der Waals surface area contributed by atoms with Gasteiger partial charge in [0.1, 0.15) is 6.23 Å². The minimum absolute atomic E-state index is 0.0362. The van der Waals surface area contributed by atoms with Crippen molar-refractivity contribution >= 4 is 37.3 Å². The molecule has 2 aromatic heterocycles. The lowest BCUT2D eigenvalue weighted by Crippen LogP contribution is -2.56. The Balaban J connectivity index is 2.07. The fourth-order valence-corrected chi connectivity index (χ4v) is 4.86. The number of aliphatic hydroxyl groups excluding tert-OH is 1. The lowest BCUT2D eigenvalue weighted by atomic mass is 9.98. The number of nitrogens with zero attached hydrogens (tertiary/aromatic N) is 3. The summed E-state index contributed by atoms with van der Waals surface area (Å²) in [5, 5.41) is 12.5. The summed E-state index contributed by atoms with van der Waals surface area (Å²) in [5.74, 6) is -1.21. The molecule has 3 N–H and O–H groups in total. The molecule has 1 aliphatic heterocycles. The van der Waals surface area contributed by atoms with Gasteiger partial charge >= 0.3 is 5.97 Å². The molecule has 1 fully saturated rings. The lowest BCUT2D eigenvalue weighted by molar-refractivity contribution is -0.186. The van der Waals surface area contributed by atoms with E-state index in [-0.39, 0.29) is 28.6 Å². The van der Waals surface area contributed by atoms with Gasteiger partial charge in [-0.1, -0.05) is 20.8 Å². The summed E-state index contributed by atoms with van der Waals surface area (Å²) < 4.78 is 19.0. The average Bonchev–Trinajstić information content (AvgIpc) is 3.28. The second-order valence-electron chi connectivity index (χ2n) is 9.63. The third kappa shape index (κ3) is 4.45. The van der Waals surface area contributed by atoms with Crippen LogP contribution in [0.3, 0.4) is 0 Å². The maximum absolute atomic E-state index is 12.8. The maximum Gasteiger partial charge on any atom is 0.343 e. The molecule has 0 unspecified atom stereocenters. The van der Waals surface area contributed by atoms with E-state index in [1.165, 1.54) is 24.9 Å². The average molecular weight is 482 g/mol. The third-order valence-corrected chi connectivity index (χ3v) is 10.8. The molecular formula is C20H31N5O7Si. The van der Waals surface area contributed by atoms with Crippen LogP contribution in [0.25, 0.3) is 11.2 Å². The zero-order valence-electron chi connectivity index (χ0n) is 19.9. The molecule has 0 aliphatic carbocycles. The zero-order chi connectivity index (χ0) is 24.8. The van der Waals surface area contributed by atoms with Crippen LogP contribution in [-0.4, -0.2) is 70.2 Å². The Morgan fingerprint density at radius 3 is 2.64 bits per heavy atom. The molecular weight excluding hydrogens is 450 g/mol. The van der Waals surface area contributed by atoms with Gasteiger partial charge in [0, 0.05) is 13.3 Å². The van der Waals surface area contributed by atoms with Gasteiger partial charge in [-0.15, -0.1) is 0 Å². The van der Waals surface area contributed by atoms with Gasteiger partial charge in [-0.3, -0.25) is 24.5 Å². The van der Waals surface area contributed by atoms with Gasteiger partial charge in [0.05, 0.1) is 26.1 Å². The number of H-pyrrole nitrogens is 1. The topological polar surface area (TPSA) is 158 Å². The number of fused-ring (bicyclic) bond motifs is 1. The van der Waals surface area contributed by atoms with Gasteiger partial charge in [0.2, 0.25) is 17.5 Å². The number of anilines is 1. The quantitative estimate of drug-likeness (QED) is 0.408. The molecule has 3 atom stereocenters. The van der Waals surface area contributed by atoms with Gasteiger partial charge < -0.3 is 19.0 Å². The molecule has 0 radical (unpaired) electrons. The van der Waals surface area contributed by atoms with Crippen LogP contribution in [-0.2, 0) is 23.5 Å². The van der Waals surface area contributed by atoms with Crippen molar-refractivity contribution in [3.05, 3.63) is 16.7 Å². The number of nitrogens with one attached hydrogen (secondary N) is 2. The maximum atomic E-state index is 12.8. The van der Waals surface area contributed by atoms with E-state index in [0.717, 1.165) is 0 Å². The summed E-state index contributed by atoms with van der Waals surface area (Å²) in [6.45, 7) is 10.9. The Bertz CT molecular complexity index is 1120. The molecule has 12 nitrogen and oxygen atoms in total. The second kappa shape index (κ2) is 8.63. The van der Waals surface area contributed by atoms with Crippen molar-refractivity contribution in [2.75, 3.05) is 19.0 Å². The highest BCUT2D eigenvalue weighted by atomic mass is 28.4. The van der Waals surface area contributed by atoms with Gasteiger partial charge in [0.15, 0.2) is 19.5 Å². The summed E-state index contributed by atoms with van der Waals surface area (Å²) in [7, 11) is -1.16. The van der Waals surface area contributed by atoms with Gasteiger partial charge in [0.25, 0.3) is 5.56 Å². The van der Waals surface area contributed by atoms with Crippen molar-refractivity contribution in [2.24, 2.45) is 0 Å². The Morgan fingerprint density at radius 2 is 2.09 bits per heavy atom. The van der Waals surface area contributed by atoms with E-state index in [1.54, 1.807) is 0 Å². The number of aliphatic hydroxyl groups is 1. The fraction of sp³-hybridized carbons (Fsp3) is 0.650. The highest BCUT2D eigenvalue weighted by molar-refractivity contribution is 6.74. The highest BCUT2D eigenvalue weighted by Crippen LogP contribution is 2.45. The molecule has 182 valence electrons. The molecule has 1 amide bonds. The number of imidazole rings is 1. The number of hydrogen-bond donors (Lipinski definition) is 3. The van der Waals surface area contributed by atoms with Crippen molar-refractivity contribution in [3.8, 4) is 0 Å². The van der Waals surface area contributed by atoms with E-state index in [4.69, 9.17) is 13.9 Å². The summed E-state index contributed by atoms with van der Waals surface area (Å²) in [4.78, 5) is 47.5. The number of methoxy groups -OCH3 is 1. The van der Waals surface area contributed by atoms with Gasteiger partial charge in [-0.05, 0) is 18.1 Å². The Hall–Kier alpha value is -2.61. The van der Waals surface area contributed by atoms with Crippen molar-refractivity contribution in [3.63, 3.8) is 0 Å². The summed E-state index contributed by atoms with van der Waals surface area (Å²) in [6.07, 6.45) is -0.105. The monoisotopic (exact) mass is 481 g/mol. The minimum atomic E-state index is -2.38. The smallest absolute Gasteiger partial charge is 0.343 e. The van der Waals surface area contributed by atoms with Gasteiger partial charge in [-0.2, -0.15) is 4.98 Å². The van der Waals surface area contributed by atoms with Crippen LogP contribution in [0.2, 0.25) is 18.1 Å². The van der Waals surface area contributed by atoms with Crippen LogP contribution in [0.5, 0.6) is 0 Å². The number of ether oxygens (including phenoxy) is 2. The van der Waals surface area contributed by atoms with Crippen molar-refractivity contribution in [1.29, 1.82) is 0 Å². The number of carbonyl (C=O) groups is 2. The number of aromatic amines is 1. The number of aromatic nitrogens is 4. The number of hydrogen-bond acceptors (Lipinski definition) is 9. The Labute approximate surface area is 191 Å². The highest BCUT2D eigenvalue weighted by Gasteiger charge is 2.59. The zero-order valence-corrected chi connectivity index (χ0v) is 20.9. The van der Waals surface area contributed by atoms with Crippen molar-refractivity contribution < 1.29 is 28.6 Å². The predicted molar refractivity (Wildman–Crippen MR) is 121 cm³/mol. The van der Waals surface area contributed by atoms with Crippen molar-refractivity contribution in [2.45, 2.75) is 70.2 Å². The normalized spacial score (nSPS) is 23.6. The first-order valence-electron chi connectivity index (χ1n) is 10.5. The SMILES string of the molecule is COC(=O)[C@]1(CO)O[C@@H](n2cnc3c(=O)[nH]c(NC(C)=O)nc32)C[C@@H]1O[Si](C)(C)C(C)(C)C. The molecule has 3 heterocycles. The summed E-state index contributed by atoms with van der Waals surface area (Å²) in [5.41, 5.74) is -2.12. The first-order valence-corrected chi connectivity index (χ1v) is 13.5. The van der Waals surface area contributed by atoms with E-state index in [2.05, 4.69) is 41.0 Å². The van der Waals surface area contributed by atoms with Crippen LogP contribution in [0, 0.1) is 0 Å². The van der Waals surface area contributed by atoms with E-state index in [0.29, 0.717) is 0 Å². The predicted octanol–water partition coefficient (Wildman–Crippen LogP) is 1.29. The number of carbonyl (C=O) groups excluding carboxylic acids is 2. The molecule has 0 bridgehead atoms. The molecule has 0 aromatic carbocycles. The van der Waals surface area contributed by atoms with E-state index >= 15 is 0 Å². The van der Waals surface area contributed by atoms with Gasteiger partial charge in [-0.25, -0.2) is 9.78 Å². The van der Waals surface area contributed by atoms with E-state index < -0.39 is 50.3 Å².